The van der Waals surface area contributed by atoms with Gasteiger partial charge in [-0.25, -0.2) is 0 Å². The van der Waals surface area contributed by atoms with E-state index in [9.17, 15) is 0 Å². The number of likely N-dealkylation sites (tertiary alicyclic amines) is 1. The van der Waals surface area contributed by atoms with Crippen molar-refractivity contribution in [3.05, 3.63) is 72.3 Å². The van der Waals surface area contributed by atoms with E-state index in [1.54, 1.807) is 7.11 Å². The monoisotopic (exact) mass is 407 g/mol. The number of unbranched alkanes of at least 4 members (excludes halogenated alkanes) is 2. The number of methoxy groups -OCH3 is 1. The van der Waals surface area contributed by atoms with Gasteiger partial charge in [-0.1, -0.05) is 62.2 Å². The Morgan fingerprint density at radius 1 is 1.10 bits per heavy atom. The molecule has 0 N–H and O–H groups in total. The number of benzene rings is 2. The molecule has 1 saturated heterocycles. The highest BCUT2D eigenvalue weighted by Gasteiger charge is 2.30. The number of nitrogens with zero attached hydrogens (tertiary/aromatic N) is 1. The van der Waals surface area contributed by atoms with Gasteiger partial charge in [0.25, 0.3) is 0 Å². The van der Waals surface area contributed by atoms with E-state index in [-0.39, 0.29) is 0 Å². The second kappa shape index (κ2) is 11.8. The van der Waals surface area contributed by atoms with Gasteiger partial charge < -0.3 is 14.4 Å². The minimum atomic E-state index is 0.473. The summed E-state index contributed by atoms with van der Waals surface area (Å²) in [5, 5.41) is 0. The first-order valence-electron chi connectivity index (χ1n) is 11.4. The van der Waals surface area contributed by atoms with Crippen molar-refractivity contribution in [2.75, 3.05) is 33.4 Å². The molecule has 1 aliphatic rings. The number of hydrogen-bond acceptors (Lipinski definition) is 3. The second-order valence-corrected chi connectivity index (χ2v) is 8.36. The van der Waals surface area contributed by atoms with E-state index in [0.29, 0.717) is 18.4 Å². The standard InChI is InChI=1S/C27H37NO2/c1-4-6-10-17-28-18-16-25(23-12-8-7-9-13-23)24(20-28)21-30-26-15-14-22(11-5-2)19-27(26)29-3/h5,7-9,12-15,19,24-25H,2,4,6,10-11,16-18,20-21H2,1,3H3/t24-,25-/m1/s1. The Labute approximate surface area is 182 Å². The van der Waals surface area contributed by atoms with Gasteiger partial charge in [0.15, 0.2) is 11.5 Å². The van der Waals surface area contributed by atoms with Crippen molar-refractivity contribution in [2.45, 2.75) is 44.9 Å². The molecule has 2 aromatic rings. The van der Waals surface area contributed by atoms with Crippen molar-refractivity contribution < 1.29 is 9.47 Å². The van der Waals surface area contributed by atoms with Crippen LogP contribution in [0.1, 0.15) is 49.7 Å². The SMILES string of the molecule is C=CCc1ccc(OC[C@H]2CN(CCCCC)CC[C@@H]2c2ccccc2)c(OC)c1. The van der Waals surface area contributed by atoms with Crippen LogP contribution in [0.3, 0.4) is 0 Å². The van der Waals surface area contributed by atoms with E-state index in [1.165, 1.54) is 49.9 Å². The summed E-state index contributed by atoms with van der Waals surface area (Å²) >= 11 is 0. The molecule has 0 bridgehead atoms. The van der Waals surface area contributed by atoms with Gasteiger partial charge in [-0.15, -0.1) is 6.58 Å². The molecule has 3 rings (SSSR count). The lowest BCUT2D eigenvalue weighted by Gasteiger charge is -2.39. The smallest absolute Gasteiger partial charge is 0.161 e. The summed E-state index contributed by atoms with van der Waals surface area (Å²) in [5.41, 5.74) is 2.63. The normalized spacial score (nSPS) is 19.4. The minimum Gasteiger partial charge on any atom is -0.493 e. The molecular weight excluding hydrogens is 370 g/mol. The van der Waals surface area contributed by atoms with E-state index < -0.39 is 0 Å². The van der Waals surface area contributed by atoms with E-state index >= 15 is 0 Å². The Kier molecular flexibility index (Phi) is 8.82. The molecule has 0 unspecified atom stereocenters. The third-order valence-corrected chi connectivity index (χ3v) is 6.18. The van der Waals surface area contributed by atoms with Crippen LogP contribution >= 0.6 is 0 Å². The zero-order chi connectivity index (χ0) is 21.2. The van der Waals surface area contributed by atoms with Crippen LogP contribution in [0.5, 0.6) is 11.5 Å². The van der Waals surface area contributed by atoms with Crippen molar-refractivity contribution in [1.82, 2.24) is 4.90 Å². The molecule has 3 heteroatoms. The Hall–Kier alpha value is -2.26. The van der Waals surface area contributed by atoms with Crippen molar-refractivity contribution >= 4 is 0 Å². The summed E-state index contributed by atoms with van der Waals surface area (Å²) in [4.78, 5) is 2.63. The predicted molar refractivity (Wildman–Crippen MR) is 126 cm³/mol. The largest absolute Gasteiger partial charge is 0.493 e. The Balaban J connectivity index is 1.70. The predicted octanol–water partition coefficient (Wildman–Crippen LogP) is 6.10. The summed E-state index contributed by atoms with van der Waals surface area (Å²) in [7, 11) is 1.71. The second-order valence-electron chi connectivity index (χ2n) is 8.36. The number of allylic oxidation sites excluding steroid dienone is 1. The van der Waals surface area contributed by atoms with Crippen LogP contribution in [-0.4, -0.2) is 38.3 Å². The summed E-state index contributed by atoms with van der Waals surface area (Å²) in [6.07, 6.45) is 7.82. The van der Waals surface area contributed by atoms with Crippen LogP contribution in [0.15, 0.2) is 61.2 Å². The highest BCUT2D eigenvalue weighted by Crippen LogP contribution is 2.35. The molecule has 0 radical (unpaired) electrons. The molecule has 0 aliphatic carbocycles. The Morgan fingerprint density at radius 3 is 2.67 bits per heavy atom. The van der Waals surface area contributed by atoms with E-state index in [2.05, 4.69) is 60.9 Å². The van der Waals surface area contributed by atoms with Crippen LogP contribution in [-0.2, 0) is 6.42 Å². The third kappa shape index (κ3) is 6.12. The lowest BCUT2D eigenvalue weighted by Crippen LogP contribution is -2.42. The molecule has 3 nitrogen and oxygen atoms in total. The molecule has 1 fully saturated rings. The number of hydrogen-bond donors (Lipinski definition) is 0. The fraction of sp³-hybridized carbons (Fsp3) is 0.481. The minimum absolute atomic E-state index is 0.473. The van der Waals surface area contributed by atoms with Crippen molar-refractivity contribution in [1.29, 1.82) is 0 Å². The van der Waals surface area contributed by atoms with Gasteiger partial charge in [0.05, 0.1) is 13.7 Å². The average molecular weight is 408 g/mol. The molecule has 162 valence electrons. The maximum atomic E-state index is 6.35. The molecule has 2 aromatic carbocycles. The fourth-order valence-electron chi connectivity index (χ4n) is 4.53. The average Bonchev–Trinajstić information content (AvgIpc) is 2.79. The Bertz CT molecular complexity index is 774. The van der Waals surface area contributed by atoms with Gasteiger partial charge in [-0.2, -0.15) is 0 Å². The van der Waals surface area contributed by atoms with Crippen LogP contribution in [0, 0.1) is 5.92 Å². The van der Waals surface area contributed by atoms with Crippen molar-refractivity contribution in [2.24, 2.45) is 5.92 Å². The lowest BCUT2D eigenvalue weighted by atomic mass is 9.81. The van der Waals surface area contributed by atoms with Gasteiger partial charge in [0.1, 0.15) is 0 Å². The van der Waals surface area contributed by atoms with Gasteiger partial charge in [-0.3, -0.25) is 0 Å². The zero-order valence-corrected chi connectivity index (χ0v) is 18.7. The van der Waals surface area contributed by atoms with E-state index in [0.717, 1.165) is 24.5 Å². The maximum absolute atomic E-state index is 6.35. The topological polar surface area (TPSA) is 21.7 Å². The molecular formula is C27H37NO2. The van der Waals surface area contributed by atoms with Crippen LogP contribution in [0.4, 0.5) is 0 Å². The van der Waals surface area contributed by atoms with Crippen molar-refractivity contribution in [3.8, 4) is 11.5 Å². The van der Waals surface area contributed by atoms with Gasteiger partial charge >= 0.3 is 0 Å². The highest BCUT2D eigenvalue weighted by atomic mass is 16.5. The summed E-state index contributed by atoms with van der Waals surface area (Å²) in [5.74, 6) is 2.65. The molecule has 0 saturated carbocycles. The van der Waals surface area contributed by atoms with E-state index in [1.807, 2.05) is 12.1 Å². The summed E-state index contributed by atoms with van der Waals surface area (Å²) < 4.78 is 11.9. The van der Waals surface area contributed by atoms with Gasteiger partial charge in [0, 0.05) is 12.5 Å². The molecule has 30 heavy (non-hydrogen) atoms. The summed E-state index contributed by atoms with van der Waals surface area (Å²) in [6, 6.07) is 17.2. The first-order valence-corrected chi connectivity index (χ1v) is 11.4. The molecule has 0 amide bonds. The van der Waals surface area contributed by atoms with Crippen LogP contribution in [0.25, 0.3) is 0 Å². The van der Waals surface area contributed by atoms with Crippen LogP contribution < -0.4 is 9.47 Å². The maximum Gasteiger partial charge on any atom is 0.161 e. The van der Waals surface area contributed by atoms with Gasteiger partial charge in [0.2, 0.25) is 0 Å². The lowest BCUT2D eigenvalue weighted by molar-refractivity contribution is 0.108. The molecule has 2 atom stereocenters. The fourth-order valence-corrected chi connectivity index (χ4v) is 4.53. The molecule has 1 aliphatic heterocycles. The van der Waals surface area contributed by atoms with Crippen LogP contribution in [0.2, 0.25) is 0 Å². The Morgan fingerprint density at radius 2 is 1.93 bits per heavy atom. The zero-order valence-electron chi connectivity index (χ0n) is 18.7. The molecule has 1 heterocycles. The van der Waals surface area contributed by atoms with Crippen molar-refractivity contribution in [3.63, 3.8) is 0 Å². The quantitative estimate of drug-likeness (QED) is 0.332. The highest BCUT2D eigenvalue weighted by molar-refractivity contribution is 5.43. The first-order chi connectivity index (χ1) is 14.7. The third-order valence-electron chi connectivity index (χ3n) is 6.18. The van der Waals surface area contributed by atoms with E-state index in [4.69, 9.17) is 9.47 Å². The number of piperidine rings is 1. The molecule has 0 aromatic heterocycles. The number of ether oxygens (including phenoxy) is 2. The number of rotatable bonds is 11. The summed E-state index contributed by atoms with van der Waals surface area (Å²) in [6.45, 7) is 10.3. The first kappa shape index (κ1) is 22.4. The molecule has 0 spiro atoms. The van der Waals surface area contributed by atoms with Gasteiger partial charge in [-0.05, 0) is 61.5 Å².